The molecule has 0 radical (unpaired) electrons. The summed E-state index contributed by atoms with van der Waals surface area (Å²) in [5, 5.41) is 47.3. The zero-order valence-corrected chi connectivity index (χ0v) is 15.3. The van der Waals surface area contributed by atoms with Gasteiger partial charge in [-0.1, -0.05) is 17.7 Å². The summed E-state index contributed by atoms with van der Waals surface area (Å²) in [6.45, 7) is 2.44. The molecule has 1 amide bonds. The summed E-state index contributed by atoms with van der Waals surface area (Å²) in [6.07, 6.45) is -3.71. The fourth-order valence-corrected chi connectivity index (χ4v) is 2.14. The molecule has 0 saturated carbocycles. The number of aliphatic hydroxyl groups excluding tert-OH is 4. The van der Waals surface area contributed by atoms with Crippen molar-refractivity contribution in [3.8, 4) is 0 Å². The van der Waals surface area contributed by atoms with Gasteiger partial charge in [-0.15, -0.1) is 0 Å². The van der Waals surface area contributed by atoms with Crippen LogP contribution in [0, 0.1) is 6.92 Å². The molecule has 1 aromatic carbocycles. The van der Waals surface area contributed by atoms with E-state index in [2.05, 4.69) is 21.2 Å². The largest absolute Gasteiger partial charge is 0.394 e. The van der Waals surface area contributed by atoms with E-state index in [1.165, 1.54) is 6.92 Å². The smallest absolute Gasteiger partial charge is 0.217 e. The van der Waals surface area contributed by atoms with Crippen LogP contribution in [0.5, 0.6) is 0 Å². The summed E-state index contributed by atoms with van der Waals surface area (Å²) in [4.78, 5) is 11.3. The molecule has 144 valence electrons. The van der Waals surface area contributed by atoms with Crippen LogP contribution in [0.15, 0.2) is 29.4 Å². The molecule has 0 aliphatic heterocycles. The number of hydrazone groups is 1. The summed E-state index contributed by atoms with van der Waals surface area (Å²) in [5.41, 5.74) is 4.37. The van der Waals surface area contributed by atoms with Crippen molar-refractivity contribution >= 4 is 35.1 Å². The first-order chi connectivity index (χ1) is 12.2. The number of thiocarbonyl (C=S) groups is 1. The van der Waals surface area contributed by atoms with Crippen molar-refractivity contribution in [3.05, 3.63) is 29.8 Å². The average molecular weight is 384 g/mol. The van der Waals surface area contributed by atoms with Crippen molar-refractivity contribution in [2.75, 3.05) is 11.9 Å². The Kier molecular flexibility index (Phi) is 9.10. The minimum atomic E-state index is -1.68. The molecule has 26 heavy (non-hydrogen) atoms. The minimum Gasteiger partial charge on any atom is -0.394 e. The maximum Gasteiger partial charge on any atom is 0.217 e. The number of nitrogens with one attached hydrogen (secondary N) is 3. The molecular formula is C16H24N4O5S. The predicted molar refractivity (Wildman–Crippen MR) is 102 cm³/mol. The SMILES string of the molecule is CC(=O)N[C@@H](C=NNC(=S)Nc1ccc(C)cc1)[C@@H](O)[C@H](O)[C@H](O)CO. The highest BCUT2D eigenvalue weighted by Gasteiger charge is 2.30. The van der Waals surface area contributed by atoms with E-state index >= 15 is 0 Å². The molecule has 0 spiro atoms. The van der Waals surface area contributed by atoms with Crippen LogP contribution < -0.4 is 16.1 Å². The van der Waals surface area contributed by atoms with Gasteiger partial charge in [-0.2, -0.15) is 5.10 Å². The zero-order valence-electron chi connectivity index (χ0n) is 14.5. The molecule has 9 nitrogen and oxygen atoms in total. The maximum atomic E-state index is 11.3. The Morgan fingerprint density at radius 3 is 2.38 bits per heavy atom. The highest BCUT2D eigenvalue weighted by atomic mass is 32.1. The Balaban J connectivity index is 2.67. The number of aryl methyl sites for hydroxylation is 1. The van der Waals surface area contributed by atoms with Gasteiger partial charge in [0.25, 0.3) is 0 Å². The van der Waals surface area contributed by atoms with Crippen LogP contribution in [0.4, 0.5) is 5.69 Å². The Hall–Kier alpha value is -2.11. The van der Waals surface area contributed by atoms with Crippen LogP contribution in [0.2, 0.25) is 0 Å². The van der Waals surface area contributed by atoms with E-state index in [0.717, 1.165) is 17.5 Å². The third kappa shape index (κ3) is 7.42. The van der Waals surface area contributed by atoms with Crippen LogP contribution in [-0.4, -0.2) is 68.6 Å². The number of benzene rings is 1. The van der Waals surface area contributed by atoms with Gasteiger partial charge < -0.3 is 31.1 Å². The lowest BCUT2D eigenvalue weighted by atomic mass is 10.0. The first kappa shape index (κ1) is 21.9. The second-order valence-corrected chi connectivity index (χ2v) is 6.08. The number of carbonyl (C=O) groups is 1. The van der Waals surface area contributed by atoms with Gasteiger partial charge in [0, 0.05) is 18.8 Å². The fraction of sp³-hybridized carbons (Fsp3) is 0.438. The highest BCUT2D eigenvalue weighted by Crippen LogP contribution is 2.08. The number of aliphatic hydroxyl groups is 4. The second kappa shape index (κ2) is 10.8. The summed E-state index contributed by atoms with van der Waals surface area (Å²) in [6, 6.07) is 6.38. The van der Waals surface area contributed by atoms with Crippen LogP contribution in [0.1, 0.15) is 12.5 Å². The molecule has 0 saturated heterocycles. The topological polar surface area (TPSA) is 146 Å². The molecule has 0 unspecified atom stereocenters. The molecule has 1 rings (SSSR count). The van der Waals surface area contributed by atoms with Gasteiger partial charge in [-0.3, -0.25) is 10.2 Å². The van der Waals surface area contributed by atoms with Crippen LogP contribution in [0.25, 0.3) is 0 Å². The molecule has 0 heterocycles. The molecule has 0 aromatic heterocycles. The van der Waals surface area contributed by atoms with E-state index in [1.807, 2.05) is 31.2 Å². The zero-order chi connectivity index (χ0) is 19.7. The minimum absolute atomic E-state index is 0.178. The second-order valence-electron chi connectivity index (χ2n) is 5.67. The molecule has 0 aliphatic carbocycles. The third-order valence-corrected chi connectivity index (χ3v) is 3.57. The summed E-state index contributed by atoms with van der Waals surface area (Å²) in [5.74, 6) is -0.480. The Morgan fingerprint density at radius 1 is 1.23 bits per heavy atom. The third-order valence-electron chi connectivity index (χ3n) is 3.38. The molecular weight excluding hydrogens is 360 g/mol. The molecule has 7 N–H and O–H groups in total. The number of carbonyl (C=O) groups excluding carboxylic acids is 1. The van der Waals surface area contributed by atoms with E-state index in [0.29, 0.717) is 0 Å². The van der Waals surface area contributed by atoms with E-state index in [9.17, 15) is 20.1 Å². The number of anilines is 1. The van der Waals surface area contributed by atoms with Crippen LogP contribution >= 0.6 is 12.2 Å². The Labute approximate surface area is 156 Å². The van der Waals surface area contributed by atoms with E-state index in [-0.39, 0.29) is 5.11 Å². The summed E-state index contributed by atoms with van der Waals surface area (Å²) in [7, 11) is 0. The number of hydrogen-bond donors (Lipinski definition) is 7. The molecule has 0 fully saturated rings. The van der Waals surface area contributed by atoms with Crippen LogP contribution in [-0.2, 0) is 4.79 Å². The first-order valence-corrected chi connectivity index (χ1v) is 8.24. The monoisotopic (exact) mass is 384 g/mol. The number of nitrogens with zero attached hydrogens (tertiary/aromatic N) is 1. The highest BCUT2D eigenvalue weighted by molar-refractivity contribution is 7.80. The van der Waals surface area contributed by atoms with Crippen molar-refractivity contribution < 1.29 is 25.2 Å². The normalized spacial score (nSPS) is 15.8. The molecule has 0 bridgehead atoms. The standard InChI is InChI=1S/C16H24N4O5S/c1-9-3-5-11(6-4-9)19-16(26)20-17-7-12(18-10(2)22)14(24)15(25)13(23)8-21/h3-7,12-15,21,23-25H,8H2,1-2H3,(H,18,22)(H2,19,20,26)/t12-,13+,14+,15+/m0/s1. The van der Waals surface area contributed by atoms with Gasteiger partial charge in [0.1, 0.15) is 18.3 Å². The van der Waals surface area contributed by atoms with Gasteiger partial charge >= 0.3 is 0 Å². The summed E-state index contributed by atoms with van der Waals surface area (Å²) >= 11 is 5.08. The van der Waals surface area contributed by atoms with Crippen molar-refractivity contribution in [2.24, 2.45) is 5.10 Å². The first-order valence-electron chi connectivity index (χ1n) is 7.83. The van der Waals surface area contributed by atoms with E-state index in [1.54, 1.807) is 0 Å². The molecule has 1 aromatic rings. The lowest BCUT2D eigenvalue weighted by Gasteiger charge is -2.26. The van der Waals surface area contributed by atoms with Gasteiger partial charge in [0.2, 0.25) is 5.91 Å². The number of rotatable bonds is 8. The van der Waals surface area contributed by atoms with Crippen molar-refractivity contribution in [2.45, 2.75) is 38.2 Å². The van der Waals surface area contributed by atoms with Gasteiger partial charge in [-0.25, -0.2) is 0 Å². The van der Waals surface area contributed by atoms with Crippen molar-refractivity contribution in [1.82, 2.24) is 10.7 Å². The lowest BCUT2D eigenvalue weighted by Crippen LogP contribution is -2.53. The lowest BCUT2D eigenvalue weighted by molar-refractivity contribution is -0.121. The Morgan fingerprint density at radius 2 is 1.85 bits per heavy atom. The van der Waals surface area contributed by atoms with Crippen molar-refractivity contribution in [3.63, 3.8) is 0 Å². The predicted octanol–water partition coefficient (Wildman–Crippen LogP) is -1.15. The number of hydrogen-bond acceptors (Lipinski definition) is 7. The maximum absolute atomic E-state index is 11.3. The average Bonchev–Trinajstić information content (AvgIpc) is 2.60. The number of amides is 1. The Bertz CT molecular complexity index is 626. The quantitative estimate of drug-likeness (QED) is 0.169. The molecule has 10 heteroatoms. The van der Waals surface area contributed by atoms with Gasteiger partial charge in [0.05, 0.1) is 12.6 Å². The molecule has 4 atom stereocenters. The van der Waals surface area contributed by atoms with Crippen LogP contribution in [0.3, 0.4) is 0 Å². The summed E-state index contributed by atoms with van der Waals surface area (Å²) < 4.78 is 0. The van der Waals surface area contributed by atoms with Crippen molar-refractivity contribution in [1.29, 1.82) is 0 Å². The fourth-order valence-electron chi connectivity index (χ4n) is 1.97. The van der Waals surface area contributed by atoms with Gasteiger partial charge in [-0.05, 0) is 31.3 Å². The van der Waals surface area contributed by atoms with E-state index < -0.39 is 36.9 Å². The van der Waals surface area contributed by atoms with E-state index in [4.69, 9.17) is 17.3 Å². The van der Waals surface area contributed by atoms with Gasteiger partial charge in [0.15, 0.2) is 5.11 Å². The molecule has 0 aliphatic rings.